The highest BCUT2D eigenvalue weighted by Gasteiger charge is 2.34. The van der Waals surface area contributed by atoms with Crippen LogP contribution in [0.25, 0.3) is 5.78 Å². The molecule has 2 aromatic rings. The molecule has 0 bridgehead atoms. The van der Waals surface area contributed by atoms with Crippen LogP contribution in [-0.2, 0) is 10.9 Å². The summed E-state index contributed by atoms with van der Waals surface area (Å²) in [5.41, 5.74) is -0.964. The minimum absolute atomic E-state index is 0.0287. The normalized spacial score (nSPS) is 19.0. The quantitative estimate of drug-likeness (QED) is 0.865. The Morgan fingerprint density at radius 1 is 1.45 bits per heavy atom. The molecule has 1 aliphatic heterocycles. The molecule has 0 amide bonds. The summed E-state index contributed by atoms with van der Waals surface area (Å²) in [7, 11) is 0. The molecule has 1 unspecified atom stereocenters. The number of anilines is 1. The zero-order valence-corrected chi connectivity index (χ0v) is 12.0. The summed E-state index contributed by atoms with van der Waals surface area (Å²) in [6.45, 7) is 3.64. The fraction of sp³-hybridized carbons (Fsp3) is 0.615. The second kappa shape index (κ2) is 5.71. The van der Waals surface area contributed by atoms with Gasteiger partial charge in [0.15, 0.2) is 5.69 Å². The van der Waals surface area contributed by atoms with Gasteiger partial charge >= 0.3 is 6.18 Å². The van der Waals surface area contributed by atoms with E-state index in [2.05, 4.69) is 15.1 Å². The molecule has 1 aliphatic rings. The fourth-order valence-corrected chi connectivity index (χ4v) is 2.59. The van der Waals surface area contributed by atoms with Gasteiger partial charge in [-0.3, -0.25) is 0 Å². The molecular formula is C13H16F3N5O. The molecule has 3 rings (SSSR count). The molecule has 0 spiro atoms. The first kappa shape index (κ1) is 15.0. The second-order valence-electron chi connectivity index (χ2n) is 5.14. The predicted octanol–water partition coefficient (Wildman–Crippen LogP) is 2.15. The molecular weight excluding hydrogens is 299 g/mol. The zero-order valence-electron chi connectivity index (χ0n) is 12.0. The Morgan fingerprint density at radius 3 is 2.91 bits per heavy atom. The maximum absolute atomic E-state index is 13.0. The number of ether oxygens (including phenoxy) is 1. The number of hydrogen-bond donors (Lipinski definition) is 0. The van der Waals surface area contributed by atoms with E-state index in [0.29, 0.717) is 25.5 Å². The van der Waals surface area contributed by atoms with E-state index in [9.17, 15) is 13.2 Å². The number of hydrogen-bond acceptors (Lipinski definition) is 5. The van der Waals surface area contributed by atoms with Crippen molar-refractivity contribution in [3.05, 3.63) is 18.1 Å². The third-order valence-corrected chi connectivity index (χ3v) is 3.68. The molecule has 22 heavy (non-hydrogen) atoms. The number of aromatic nitrogens is 4. The molecule has 0 radical (unpaired) electrons. The smallest absolute Gasteiger partial charge is 0.376 e. The molecule has 3 heterocycles. The van der Waals surface area contributed by atoms with Gasteiger partial charge < -0.3 is 9.64 Å². The number of rotatable bonds is 4. The van der Waals surface area contributed by atoms with Crippen molar-refractivity contribution in [3.8, 4) is 0 Å². The standard InChI is InChI=1S/C13H16F3N5O/c1-2-20(7-9-4-3-5-22-9)11-6-10(13(14,15)16)19-12-17-8-18-21(11)12/h6,8-9H,2-5,7H2,1H3. The number of alkyl halides is 3. The SMILES string of the molecule is CCN(CC1CCCO1)c1cc(C(F)(F)F)nc2ncnn12. The molecule has 2 aromatic heterocycles. The Balaban J connectivity index is 2.00. The number of fused-ring (bicyclic) bond motifs is 1. The molecule has 1 fully saturated rings. The van der Waals surface area contributed by atoms with Crippen molar-refractivity contribution in [1.29, 1.82) is 0 Å². The van der Waals surface area contributed by atoms with Gasteiger partial charge in [-0.25, -0.2) is 4.98 Å². The van der Waals surface area contributed by atoms with Crippen LogP contribution in [0.3, 0.4) is 0 Å². The Morgan fingerprint density at radius 2 is 2.27 bits per heavy atom. The maximum atomic E-state index is 13.0. The third kappa shape index (κ3) is 2.85. The van der Waals surface area contributed by atoms with Gasteiger partial charge in [0.05, 0.1) is 6.10 Å². The first-order valence-corrected chi connectivity index (χ1v) is 7.13. The zero-order chi connectivity index (χ0) is 15.7. The van der Waals surface area contributed by atoms with Gasteiger partial charge in [0.2, 0.25) is 0 Å². The van der Waals surface area contributed by atoms with E-state index in [4.69, 9.17) is 4.74 Å². The van der Waals surface area contributed by atoms with Crippen molar-refractivity contribution in [2.45, 2.75) is 32.0 Å². The minimum atomic E-state index is -4.52. The van der Waals surface area contributed by atoms with Crippen molar-refractivity contribution in [3.63, 3.8) is 0 Å². The monoisotopic (exact) mass is 315 g/mol. The van der Waals surface area contributed by atoms with E-state index in [-0.39, 0.29) is 11.9 Å². The minimum Gasteiger partial charge on any atom is -0.376 e. The summed E-state index contributed by atoms with van der Waals surface area (Å²) in [6.07, 6.45) is -1.40. The number of likely N-dealkylation sites (N-methyl/N-ethyl adjacent to an activating group) is 1. The summed E-state index contributed by atoms with van der Waals surface area (Å²) < 4.78 is 45.9. The van der Waals surface area contributed by atoms with Crippen LogP contribution in [0, 0.1) is 0 Å². The van der Waals surface area contributed by atoms with Crippen molar-refractivity contribution in [2.75, 3.05) is 24.6 Å². The lowest BCUT2D eigenvalue weighted by Gasteiger charge is -2.26. The fourth-order valence-electron chi connectivity index (χ4n) is 2.59. The average molecular weight is 315 g/mol. The predicted molar refractivity (Wildman–Crippen MR) is 72.6 cm³/mol. The van der Waals surface area contributed by atoms with Crippen LogP contribution in [0.1, 0.15) is 25.5 Å². The van der Waals surface area contributed by atoms with E-state index in [1.54, 1.807) is 0 Å². The number of nitrogens with zero attached hydrogens (tertiary/aromatic N) is 5. The highest BCUT2D eigenvalue weighted by Crippen LogP contribution is 2.30. The second-order valence-corrected chi connectivity index (χ2v) is 5.14. The van der Waals surface area contributed by atoms with Crippen molar-refractivity contribution >= 4 is 11.6 Å². The lowest BCUT2D eigenvalue weighted by Crippen LogP contribution is -2.34. The highest BCUT2D eigenvalue weighted by atomic mass is 19.4. The Hall–Kier alpha value is -1.90. The van der Waals surface area contributed by atoms with Crippen LogP contribution < -0.4 is 4.90 Å². The van der Waals surface area contributed by atoms with Gasteiger partial charge in [-0.15, -0.1) is 0 Å². The van der Waals surface area contributed by atoms with Crippen LogP contribution >= 0.6 is 0 Å². The largest absolute Gasteiger partial charge is 0.433 e. The Kier molecular flexibility index (Phi) is 3.90. The topological polar surface area (TPSA) is 55.5 Å². The summed E-state index contributed by atoms with van der Waals surface area (Å²) in [5, 5.41) is 3.98. The van der Waals surface area contributed by atoms with Gasteiger partial charge in [0, 0.05) is 25.8 Å². The number of halogens is 3. The lowest BCUT2D eigenvalue weighted by molar-refractivity contribution is -0.141. The van der Waals surface area contributed by atoms with Crippen LogP contribution in [-0.4, -0.2) is 45.4 Å². The Bertz CT molecular complexity index is 651. The van der Waals surface area contributed by atoms with Crippen molar-refractivity contribution < 1.29 is 17.9 Å². The van der Waals surface area contributed by atoms with E-state index < -0.39 is 11.9 Å². The van der Waals surface area contributed by atoms with E-state index in [0.717, 1.165) is 18.9 Å². The van der Waals surface area contributed by atoms with Crippen LogP contribution in [0.15, 0.2) is 12.4 Å². The highest BCUT2D eigenvalue weighted by molar-refractivity contribution is 5.48. The molecule has 120 valence electrons. The lowest BCUT2D eigenvalue weighted by atomic mass is 10.2. The van der Waals surface area contributed by atoms with Crippen LogP contribution in [0.5, 0.6) is 0 Å². The molecule has 0 aromatic carbocycles. The van der Waals surface area contributed by atoms with Crippen molar-refractivity contribution in [2.24, 2.45) is 0 Å². The third-order valence-electron chi connectivity index (χ3n) is 3.68. The average Bonchev–Trinajstić information content (AvgIpc) is 3.13. The summed E-state index contributed by atoms with van der Waals surface area (Å²) >= 11 is 0. The van der Waals surface area contributed by atoms with E-state index in [1.807, 2.05) is 11.8 Å². The summed E-state index contributed by atoms with van der Waals surface area (Å²) in [6, 6.07) is 1.01. The molecule has 1 atom stereocenters. The molecule has 1 saturated heterocycles. The first-order valence-electron chi connectivity index (χ1n) is 7.13. The van der Waals surface area contributed by atoms with Gasteiger partial charge in [0.25, 0.3) is 5.78 Å². The molecule has 9 heteroatoms. The van der Waals surface area contributed by atoms with E-state index >= 15 is 0 Å². The Labute approximate surface area is 124 Å². The summed E-state index contributed by atoms with van der Waals surface area (Å²) in [5.74, 6) is 0.267. The molecule has 0 aliphatic carbocycles. The van der Waals surface area contributed by atoms with E-state index in [1.165, 1.54) is 10.8 Å². The summed E-state index contributed by atoms with van der Waals surface area (Å²) in [4.78, 5) is 9.12. The van der Waals surface area contributed by atoms with Gasteiger partial charge in [-0.2, -0.15) is 27.8 Å². The maximum Gasteiger partial charge on any atom is 0.433 e. The van der Waals surface area contributed by atoms with Crippen LogP contribution in [0.2, 0.25) is 0 Å². The van der Waals surface area contributed by atoms with Crippen molar-refractivity contribution in [1.82, 2.24) is 19.6 Å². The first-order chi connectivity index (χ1) is 10.5. The molecule has 0 saturated carbocycles. The molecule has 6 nitrogen and oxygen atoms in total. The molecule has 0 N–H and O–H groups in total. The van der Waals surface area contributed by atoms with Gasteiger partial charge in [-0.05, 0) is 19.8 Å². The van der Waals surface area contributed by atoms with Gasteiger partial charge in [-0.1, -0.05) is 0 Å². The van der Waals surface area contributed by atoms with Crippen LogP contribution in [0.4, 0.5) is 19.0 Å². The van der Waals surface area contributed by atoms with Gasteiger partial charge in [0.1, 0.15) is 12.1 Å².